The van der Waals surface area contributed by atoms with Crippen LogP contribution < -0.4 is 5.32 Å². The summed E-state index contributed by atoms with van der Waals surface area (Å²) < 4.78 is 0. The Hall–Kier alpha value is -1.69. The summed E-state index contributed by atoms with van der Waals surface area (Å²) in [7, 11) is 0. The van der Waals surface area contributed by atoms with Crippen molar-refractivity contribution in [1.82, 2.24) is 10.2 Å². The lowest BCUT2D eigenvalue weighted by Gasteiger charge is -2.29. The molecule has 4 nitrogen and oxygen atoms in total. The monoisotopic (exact) mass is 452 g/mol. The van der Waals surface area contributed by atoms with Crippen molar-refractivity contribution in [2.24, 2.45) is 0 Å². The van der Waals surface area contributed by atoms with Crippen LogP contribution in [0.2, 0.25) is 10.0 Å². The molecule has 0 radical (unpaired) electrons. The second-order valence-corrected chi connectivity index (χ2v) is 8.69. The summed E-state index contributed by atoms with van der Waals surface area (Å²) in [5.74, 6) is 0.311. The molecule has 0 heterocycles. The molecule has 0 aliphatic carbocycles. The topological polar surface area (TPSA) is 49.4 Å². The zero-order valence-corrected chi connectivity index (χ0v) is 19.2. The van der Waals surface area contributed by atoms with Gasteiger partial charge in [0.15, 0.2) is 0 Å². The average molecular weight is 453 g/mol. The highest BCUT2D eigenvalue weighted by Gasteiger charge is 2.26. The van der Waals surface area contributed by atoms with E-state index in [0.29, 0.717) is 34.3 Å². The fourth-order valence-electron chi connectivity index (χ4n) is 2.79. The number of rotatable bonds is 9. The Bertz CT molecular complexity index is 823. The largest absolute Gasteiger partial charge is 0.355 e. The van der Waals surface area contributed by atoms with Gasteiger partial charge in [-0.3, -0.25) is 9.59 Å². The van der Waals surface area contributed by atoms with E-state index >= 15 is 0 Å². The van der Waals surface area contributed by atoms with E-state index in [1.807, 2.05) is 38.1 Å². The summed E-state index contributed by atoms with van der Waals surface area (Å²) in [6, 6.07) is 12.8. The number of hydrogen-bond acceptors (Lipinski definition) is 3. The Morgan fingerprint density at radius 2 is 1.72 bits per heavy atom. The molecule has 7 heteroatoms. The number of aryl methyl sites for hydroxylation is 1. The minimum absolute atomic E-state index is 0.112. The molecule has 0 aromatic heterocycles. The van der Waals surface area contributed by atoms with Crippen LogP contribution in [0.25, 0.3) is 0 Å². The number of nitrogens with one attached hydrogen (secondary N) is 1. The number of amides is 2. The minimum Gasteiger partial charge on any atom is -0.355 e. The lowest BCUT2D eigenvalue weighted by atomic mass is 10.1. The number of thioether (sulfide) groups is 1. The Labute approximate surface area is 187 Å². The SMILES string of the molecule is CCNC(=O)[C@@H](C)N(Cc1c(Cl)cccc1Cl)C(=O)CCSc1ccc(C)cc1. The van der Waals surface area contributed by atoms with Gasteiger partial charge in [0.05, 0.1) is 0 Å². The molecule has 0 aliphatic heterocycles. The summed E-state index contributed by atoms with van der Waals surface area (Å²) in [5, 5.41) is 3.74. The van der Waals surface area contributed by atoms with Gasteiger partial charge in [-0.2, -0.15) is 0 Å². The van der Waals surface area contributed by atoms with Crippen LogP contribution >= 0.6 is 35.0 Å². The molecule has 0 saturated heterocycles. The number of halogens is 2. The third kappa shape index (κ3) is 6.95. The second kappa shape index (κ2) is 11.5. The number of nitrogens with zero attached hydrogens (tertiary/aromatic N) is 1. The van der Waals surface area contributed by atoms with Crippen molar-refractivity contribution in [3.8, 4) is 0 Å². The van der Waals surface area contributed by atoms with Crippen LogP contribution in [-0.4, -0.2) is 35.1 Å². The Morgan fingerprint density at radius 1 is 1.10 bits per heavy atom. The maximum atomic E-state index is 13.0. The molecule has 0 spiro atoms. The van der Waals surface area contributed by atoms with Gasteiger partial charge in [0.25, 0.3) is 0 Å². The Morgan fingerprint density at radius 3 is 2.31 bits per heavy atom. The first kappa shape index (κ1) is 23.6. The van der Waals surface area contributed by atoms with Gasteiger partial charge in [-0.15, -0.1) is 11.8 Å². The normalized spacial score (nSPS) is 11.8. The molecule has 0 fully saturated rings. The molecular formula is C22H26Cl2N2O2S. The van der Waals surface area contributed by atoms with Crippen LogP contribution in [0, 0.1) is 6.92 Å². The van der Waals surface area contributed by atoms with Crippen molar-refractivity contribution in [3.05, 3.63) is 63.6 Å². The first-order chi connectivity index (χ1) is 13.8. The number of hydrogen-bond donors (Lipinski definition) is 1. The van der Waals surface area contributed by atoms with Gasteiger partial charge in [-0.1, -0.05) is 47.0 Å². The van der Waals surface area contributed by atoms with Crippen molar-refractivity contribution in [2.75, 3.05) is 12.3 Å². The lowest BCUT2D eigenvalue weighted by molar-refractivity contribution is -0.140. The molecule has 2 rings (SSSR count). The molecule has 0 saturated carbocycles. The molecule has 2 amide bonds. The minimum atomic E-state index is -0.626. The van der Waals surface area contributed by atoms with Crippen molar-refractivity contribution in [3.63, 3.8) is 0 Å². The zero-order chi connectivity index (χ0) is 21.4. The summed E-state index contributed by atoms with van der Waals surface area (Å²) in [6.45, 7) is 6.30. The maximum absolute atomic E-state index is 13.0. The van der Waals surface area contributed by atoms with E-state index in [1.54, 1.807) is 41.8 Å². The van der Waals surface area contributed by atoms with Crippen LogP contribution in [0.5, 0.6) is 0 Å². The molecule has 29 heavy (non-hydrogen) atoms. The van der Waals surface area contributed by atoms with Gasteiger partial charge >= 0.3 is 0 Å². The first-order valence-electron chi connectivity index (χ1n) is 9.53. The predicted molar refractivity (Wildman–Crippen MR) is 122 cm³/mol. The third-order valence-corrected chi connectivity index (χ3v) is 6.24. The lowest BCUT2D eigenvalue weighted by Crippen LogP contribution is -2.47. The molecule has 0 unspecified atom stereocenters. The number of benzene rings is 2. The number of carbonyl (C=O) groups excluding carboxylic acids is 2. The highest BCUT2D eigenvalue weighted by Crippen LogP contribution is 2.27. The fraction of sp³-hybridized carbons (Fsp3) is 0.364. The first-order valence-corrected chi connectivity index (χ1v) is 11.3. The highest BCUT2D eigenvalue weighted by atomic mass is 35.5. The van der Waals surface area contributed by atoms with Gasteiger partial charge in [0.1, 0.15) is 6.04 Å². The van der Waals surface area contributed by atoms with Crippen LogP contribution in [0.4, 0.5) is 0 Å². The van der Waals surface area contributed by atoms with E-state index in [0.717, 1.165) is 4.90 Å². The maximum Gasteiger partial charge on any atom is 0.242 e. The van der Waals surface area contributed by atoms with Gasteiger partial charge in [-0.05, 0) is 45.0 Å². The molecular weight excluding hydrogens is 427 g/mol. The Kier molecular flexibility index (Phi) is 9.34. The highest BCUT2D eigenvalue weighted by molar-refractivity contribution is 7.99. The van der Waals surface area contributed by atoms with Gasteiger partial charge in [-0.25, -0.2) is 0 Å². The standard InChI is InChI=1S/C22H26Cl2N2O2S/c1-4-25-22(28)16(3)26(14-18-19(23)6-5-7-20(18)24)21(27)12-13-29-17-10-8-15(2)9-11-17/h5-11,16H,4,12-14H2,1-3H3,(H,25,28)/t16-/m1/s1. The Balaban J connectivity index is 2.11. The van der Waals surface area contributed by atoms with Crippen LogP contribution in [0.1, 0.15) is 31.4 Å². The van der Waals surface area contributed by atoms with Crippen molar-refractivity contribution < 1.29 is 9.59 Å². The molecule has 2 aromatic rings. The summed E-state index contributed by atoms with van der Waals surface area (Å²) >= 11 is 14.2. The van der Waals surface area contributed by atoms with Gasteiger partial charge in [0.2, 0.25) is 11.8 Å². The molecule has 156 valence electrons. The van der Waals surface area contributed by atoms with E-state index in [4.69, 9.17) is 23.2 Å². The predicted octanol–water partition coefficient (Wildman–Crippen LogP) is 5.34. The number of likely N-dealkylation sites (N-methyl/N-ethyl adjacent to an activating group) is 1. The van der Waals surface area contributed by atoms with E-state index in [-0.39, 0.29) is 18.4 Å². The van der Waals surface area contributed by atoms with Crippen LogP contribution in [0.15, 0.2) is 47.4 Å². The van der Waals surface area contributed by atoms with Crippen molar-refractivity contribution in [2.45, 2.75) is 44.7 Å². The number of carbonyl (C=O) groups is 2. The summed E-state index contributed by atoms with van der Waals surface area (Å²) in [6.07, 6.45) is 0.310. The summed E-state index contributed by atoms with van der Waals surface area (Å²) in [4.78, 5) is 28.1. The smallest absolute Gasteiger partial charge is 0.242 e. The summed E-state index contributed by atoms with van der Waals surface area (Å²) in [5.41, 5.74) is 1.84. The molecule has 0 aliphatic rings. The molecule has 2 aromatic carbocycles. The van der Waals surface area contributed by atoms with E-state index in [2.05, 4.69) is 5.32 Å². The average Bonchev–Trinajstić information content (AvgIpc) is 2.69. The molecule has 1 atom stereocenters. The van der Waals surface area contributed by atoms with E-state index in [9.17, 15) is 9.59 Å². The van der Waals surface area contributed by atoms with Gasteiger partial charge < -0.3 is 10.2 Å². The fourth-order valence-corrected chi connectivity index (χ4v) is 4.15. The van der Waals surface area contributed by atoms with Crippen molar-refractivity contribution in [1.29, 1.82) is 0 Å². The van der Waals surface area contributed by atoms with Crippen LogP contribution in [-0.2, 0) is 16.1 Å². The van der Waals surface area contributed by atoms with E-state index in [1.165, 1.54) is 5.56 Å². The van der Waals surface area contributed by atoms with Crippen LogP contribution in [0.3, 0.4) is 0 Å². The molecule has 0 bridgehead atoms. The van der Waals surface area contributed by atoms with Gasteiger partial charge in [0, 0.05) is 45.8 Å². The van der Waals surface area contributed by atoms with E-state index < -0.39 is 6.04 Å². The zero-order valence-electron chi connectivity index (χ0n) is 16.9. The second-order valence-electron chi connectivity index (χ2n) is 6.70. The quantitative estimate of drug-likeness (QED) is 0.522. The third-order valence-electron chi connectivity index (χ3n) is 4.51. The molecule has 1 N–H and O–H groups in total. The van der Waals surface area contributed by atoms with Crippen molar-refractivity contribution >= 4 is 46.8 Å².